The third-order valence-corrected chi connectivity index (χ3v) is 6.12. The lowest BCUT2D eigenvalue weighted by Gasteiger charge is -2.29. The van der Waals surface area contributed by atoms with Crippen molar-refractivity contribution in [2.24, 2.45) is 0 Å². The summed E-state index contributed by atoms with van der Waals surface area (Å²) in [6.45, 7) is 6.11. The molecule has 0 saturated heterocycles. The van der Waals surface area contributed by atoms with E-state index in [0.717, 1.165) is 26.1 Å². The van der Waals surface area contributed by atoms with Crippen LogP contribution in [0.15, 0.2) is 60.7 Å². The Hall–Kier alpha value is -1.64. The molecule has 0 heterocycles. The van der Waals surface area contributed by atoms with Crippen molar-refractivity contribution >= 4 is 0 Å². The Kier molecular flexibility index (Phi) is 14.9. The Morgan fingerprint density at radius 3 is 1.19 bits per heavy atom. The van der Waals surface area contributed by atoms with Crippen molar-refractivity contribution in [3.05, 3.63) is 71.8 Å². The smallest absolute Gasteiger partial charge is 0.113 e. The molecule has 0 aliphatic carbocycles. The normalized spacial score (nSPS) is 13.2. The van der Waals surface area contributed by atoms with Crippen molar-refractivity contribution < 1.29 is 9.47 Å². The molecule has 2 aromatic carbocycles. The molecule has 0 aromatic heterocycles. The van der Waals surface area contributed by atoms with Crippen LogP contribution in [0.5, 0.6) is 0 Å². The van der Waals surface area contributed by atoms with E-state index in [1.807, 2.05) is 0 Å². The van der Waals surface area contributed by atoms with Gasteiger partial charge >= 0.3 is 0 Å². The molecule has 2 atom stereocenters. The van der Waals surface area contributed by atoms with Crippen LogP contribution in [0.2, 0.25) is 0 Å². The molecule has 0 aliphatic heterocycles. The molecule has 0 fully saturated rings. The van der Waals surface area contributed by atoms with Gasteiger partial charge in [-0.1, -0.05) is 139 Å². The van der Waals surface area contributed by atoms with E-state index in [2.05, 4.69) is 74.5 Å². The SMILES string of the molecule is CCCCCCCCOC(c1ccccc1)C(OCCCCCCCC)c1ccccc1. The van der Waals surface area contributed by atoms with Crippen LogP contribution in [-0.2, 0) is 9.47 Å². The number of unbranched alkanes of at least 4 members (excludes halogenated alkanes) is 10. The highest BCUT2D eigenvalue weighted by molar-refractivity contribution is 5.25. The van der Waals surface area contributed by atoms with Gasteiger partial charge in [0.25, 0.3) is 0 Å². The Bertz CT molecular complexity index is 596. The quantitative estimate of drug-likeness (QED) is 0.203. The fraction of sp³-hybridized carbons (Fsp3) is 0.600. The van der Waals surface area contributed by atoms with Gasteiger partial charge in [0.1, 0.15) is 12.2 Å². The summed E-state index contributed by atoms with van der Waals surface area (Å²) in [5.74, 6) is 0. The third-order valence-electron chi connectivity index (χ3n) is 6.12. The first-order valence-corrected chi connectivity index (χ1v) is 13.2. The third kappa shape index (κ3) is 10.8. The molecule has 0 bridgehead atoms. The number of benzene rings is 2. The highest BCUT2D eigenvalue weighted by atomic mass is 16.5. The maximum atomic E-state index is 6.54. The summed E-state index contributed by atoms with van der Waals surface area (Å²) < 4.78 is 13.1. The Balaban J connectivity index is 1.99. The Morgan fingerprint density at radius 2 is 0.812 bits per heavy atom. The average molecular weight is 439 g/mol. The minimum Gasteiger partial charge on any atom is -0.370 e. The fourth-order valence-electron chi connectivity index (χ4n) is 4.19. The molecule has 0 saturated carbocycles. The average Bonchev–Trinajstić information content (AvgIpc) is 2.84. The summed E-state index contributed by atoms with van der Waals surface area (Å²) in [7, 11) is 0. The lowest BCUT2D eigenvalue weighted by Crippen LogP contribution is -2.19. The van der Waals surface area contributed by atoms with Crippen molar-refractivity contribution in [1.82, 2.24) is 0 Å². The molecule has 2 rings (SSSR count). The maximum Gasteiger partial charge on any atom is 0.113 e. The predicted octanol–water partition coefficient (Wildman–Crippen LogP) is 9.22. The number of rotatable bonds is 19. The summed E-state index contributed by atoms with van der Waals surface area (Å²) in [5, 5.41) is 0. The van der Waals surface area contributed by atoms with Gasteiger partial charge in [0.2, 0.25) is 0 Å². The van der Waals surface area contributed by atoms with Crippen molar-refractivity contribution in [1.29, 1.82) is 0 Å². The van der Waals surface area contributed by atoms with Crippen LogP contribution in [0, 0.1) is 0 Å². The summed E-state index contributed by atoms with van der Waals surface area (Å²) >= 11 is 0. The van der Waals surface area contributed by atoms with Gasteiger partial charge in [-0.3, -0.25) is 0 Å². The molecule has 2 aromatic rings. The fourth-order valence-corrected chi connectivity index (χ4v) is 4.19. The topological polar surface area (TPSA) is 18.5 Å². The zero-order valence-corrected chi connectivity index (χ0v) is 20.6. The first-order chi connectivity index (χ1) is 15.9. The van der Waals surface area contributed by atoms with Gasteiger partial charge in [-0.05, 0) is 24.0 Å². The van der Waals surface area contributed by atoms with Crippen LogP contribution in [0.3, 0.4) is 0 Å². The zero-order chi connectivity index (χ0) is 22.7. The van der Waals surface area contributed by atoms with Gasteiger partial charge in [0, 0.05) is 13.2 Å². The summed E-state index contributed by atoms with van der Waals surface area (Å²) in [5.41, 5.74) is 2.41. The van der Waals surface area contributed by atoms with Crippen LogP contribution in [0.4, 0.5) is 0 Å². The van der Waals surface area contributed by atoms with E-state index in [4.69, 9.17) is 9.47 Å². The minimum absolute atomic E-state index is 0.0747. The molecule has 178 valence electrons. The largest absolute Gasteiger partial charge is 0.370 e. The maximum absolute atomic E-state index is 6.54. The lowest BCUT2D eigenvalue weighted by atomic mass is 9.97. The summed E-state index contributed by atoms with van der Waals surface area (Å²) in [6, 6.07) is 21.3. The van der Waals surface area contributed by atoms with Gasteiger partial charge in [-0.25, -0.2) is 0 Å². The van der Waals surface area contributed by atoms with E-state index >= 15 is 0 Å². The van der Waals surface area contributed by atoms with Gasteiger partial charge in [-0.15, -0.1) is 0 Å². The molecule has 0 N–H and O–H groups in total. The first kappa shape index (κ1) is 26.6. The molecule has 0 spiro atoms. The van der Waals surface area contributed by atoms with Crippen LogP contribution in [-0.4, -0.2) is 13.2 Å². The van der Waals surface area contributed by atoms with Gasteiger partial charge in [0.05, 0.1) is 0 Å². The second-order valence-electron chi connectivity index (χ2n) is 8.94. The van der Waals surface area contributed by atoms with E-state index in [1.165, 1.54) is 75.3 Å². The predicted molar refractivity (Wildman–Crippen MR) is 137 cm³/mol. The molecule has 0 aliphatic rings. The van der Waals surface area contributed by atoms with Crippen molar-refractivity contribution in [3.8, 4) is 0 Å². The molecule has 2 heteroatoms. The lowest BCUT2D eigenvalue weighted by molar-refractivity contribution is -0.0798. The zero-order valence-electron chi connectivity index (χ0n) is 20.6. The van der Waals surface area contributed by atoms with E-state index < -0.39 is 0 Å². The van der Waals surface area contributed by atoms with Gasteiger partial charge < -0.3 is 9.47 Å². The van der Waals surface area contributed by atoms with E-state index in [-0.39, 0.29) is 12.2 Å². The van der Waals surface area contributed by atoms with Crippen molar-refractivity contribution in [2.75, 3.05) is 13.2 Å². The standard InChI is InChI=1S/C30H46O2/c1-3-5-7-9-11-19-25-31-29(27-21-15-13-16-22-27)30(28-23-17-14-18-24-28)32-26-20-12-10-8-6-4-2/h13-18,21-24,29-30H,3-12,19-20,25-26H2,1-2H3. The molecule has 2 unspecified atom stereocenters. The van der Waals surface area contributed by atoms with Crippen LogP contribution in [0.25, 0.3) is 0 Å². The number of hydrogen-bond acceptors (Lipinski definition) is 2. The van der Waals surface area contributed by atoms with E-state index in [9.17, 15) is 0 Å². The summed E-state index contributed by atoms with van der Waals surface area (Å²) in [6.07, 6.45) is 15.1. The molecule has 0 amide bonds. The second kappa shape index (κ2) is 17.9. The molecular weight excluding hydrogens is 392 g/mol. The molecular formula is C30H46O2. The Labute approximate surface area is 197 Å². The van der Waals surface area contributed by atoms with Crippen LogP contribution >= 0.6 is 0 Å². The van der Waals surface area contributed by atoms with Gasteiger partial charge in [0.15, 0.2) is 0 Å². The number of ether oxygens (including phenoxy) is 2. The number of hydrogen-bond donors (Lipinski definition) is 0. The highest BCUT2D eigenvalue weighted by Crippen LogP contribution is 2.35. The highest BCUT2D eigenvalue weighted by Gasteiger charge is 2.26. The monoisotopic (exact) mass is 438 g/mol. The van der Waals surface area contributed by atoms with Crippen molar-refractivity contribution in [2.45, 2.75) is 103 Å². The van der Waals surface area contributed by atoms with Crippen LogP contribution < -0.4 is 0 Å². The second-order valence-corrected chi connectivity index (χ2v) is 8.94. The van der Waals surface area contributed by atoms with Crippen LogP contribution in [0.1, 0.15) is 114 Å². The summed E-state index contributed by atoms with van der Waals surface area (Å²) in [4.78, 5) is 0. The Morgan fingerprint density at radius 1 is 0.469 bits per heavy atom. The molecule has 2 nitrogen and oxygen atoms in total. The van der Waals surface area contributed by atoms with Crippen molar-refractivity contribution in [3.63, 3.8) is 0 Å². The molecule has 0 radical (unpaired) electrons. The minimum atomic E-state index is -0.0747. The van der Waals surface area contributed by atoms with Gasteiger partial charge in [-0.2, -0.15) is 0 Å². The van der Waals surface area contributed by atoms with E-state index in [1.54, 1.807) is 0 Å². The first-order valence-electron chi connectivity index (χ1n) is 13.2. The molecule has 32 heavy (non-hydrogen) atoms. The van der Waals surface area contributed by atoms with E-state index in [0.29, 0.717) is 0 Å².